The number of aliphatic hydroxyl groups excluding tert-OH is 1. The van der Waals surface area contributed by atoms with Crippen molar-refractivity contribution in [1.82, 2.24) is 4.57 Å². The molecule has 1 fully saturated rings. The Morgan fingerprint density at radius 1 is 1.33 bits per heavy atom. The zero-order valence-corrected chi connectivity index (χ0v) is 11.7. The van der Waals surface area contributed by atoms with Crippen molar-refractivity contribution < 1.29 is 10.0 Å². The Hall–Kier alpha value is -2.14. The molecule has 1 unspecified atom stereocenters. The van der Waals surface area contributed by atoms with E-state index in [2.05, 4.69) is 0 Å². The predicted octanol–water partition coefficient (Wildman–Crippen LogP) is 3.08. The minimum atomic E-state index is -0.364. The number of para-hydroxylation sites is 1. The van der Waals surface area contributed by atoms with E-state index in [0.29, 0.717) is 18.9 Å². The molecule has 1 aliphatic carbocycles. The first kappa shape index (κ1) is 13.8. The van der Waals surface area contributed by atoms with Crippen LogP contribution in [-0.2, 0) is 13.0 Å². The number of nitro groups is 1. The van der Waals surface area contributed by atoms with Gasteiger partial charge in [0.15, 0.2) is 0 Å². The molecule has 1 saturated carbocycles. The highest BCUT2D eigenvalue weighted by Crippen LogP contribution is 2.40. The number of aryl methyl sites for hydroxylation is 2. The third-order valence-corrected chi connectivity index (χ3v) is 4.01. The van der Waals surface area contributed by atoms with E-state index in [1.165, 1.54) is 6.07 Å². The van der Waals surface area contributed by atoms with Gasteiger partial charge in [0, 0.05) is 30.6 Å². The number of hydrogen-bond donors (Lipinski definition) is 1. The van der Waals surface area contributed by atoms with Crippen molar-refractivity contribution in [3.05, 3.63) is 64.0 Å². The molecule has 1 aliphatic rings. The highest BCUT2D eigenvalue weighted by atomic mass is 16.6. The molecule has 3 rings (SSSR count). The van der Waals surface area contributed by atoms with Crippen LogP contribution in [0.15, 0.2) is 42.7 Å². The van der Waals surface area contributed by atoms with E-state index in [4.69, 9.17) is 0 Å². The van der Waals surface area contributed by atoms with Crippen LogP contribution in [0.4, 0.5) is 5.69 Å². The lowest BCUT2D eigenvalue weighted by atomic mass is 10.1. The summed E-state index contributed by atoms with van der Waals surface area (Å²) in [4.78, 5) is 10.6. The molecular formula is C16H18N2O3. The van der Waals surface area contributed by atoms with Gasteiger partial charge in [0.2, 0.25) is 0 Å². The fourth-order valence-corrected chi connectivity index (χ4v) is 2.61. The third-order valence-electron chi connectivity index (χ3n) is 4.01. The molecule has 1 N–H and O–H groups in total. The lowest BCUT2D eigenvalue weighted by molar-refractivity contribution is -0.385. The zero-order chi connectivity index (χ0) is 14.8. The van der Waals surface area contributed by atoms with Gasteiger partial charge in [-0.15, -0.1) is 0 Å². The van der Waals surface area contributed by atoms with Gasteiger partial charge in [0.25, 0.3) is 5.69 Å². The lowest BCUT2D eigenvalue weighted by Crippen LogP contribution is -2.02. The van der Waals surface area contributed by atoms with Crippen LogP contribution in [0.5, 0.6) is 0 Å². The van der Waals surface area contributed by atoms with Crippen LogP contribution in [0.3, 0.4) is 0 Å². The maximum atomic E-state index is 11.0. The van der Waals surface area contributed by atoms with Crippen LogP contribution >= 0.6 is 0 Å². The largest absolute Gasteiger partial charge is 0.388 e. The van der Waals surface area contributed by atoms with Crippen LogP contribution < -0.4 is 0 Å². The SMILES string of the molecule is O=[N+]([O-])c1ccccc1CCn1ccc(C(O)C2CC2)c1. The zero-order valence-electron chi connectivity index (χ0n) is 11.7. The standard InChI is InChI=1S/C16H18N2O3/c19-16(13-5-6-13)14-8-10-17(11-14)9-7-12-3-1-2-4-15(12)18(20)21/h1-4,8,10-11,13,16,19H,5-7,9H2. The molecule has 110 valence electrons. The van der Waals surface area contributed by atoms with Gasteiger partial charge in [-0.05, 0) is 36.8 Å². The van der Waals surface area contributed by atoms with E-state index < -0.39 is 0 Å². The predicted molar refractivity (Wildman–Crippen MR) is 78.9 cm³/mol. The monoisotopic (exact) mass is 286 g/mol. The molecule has 2 aromatic rings. The maximum absolute atomic E-state index is 11.0. The minimum absolute atomic E-state index is 0.169. The summed E-state index contributed by atoms with van der Waals surface area (Å²) >= 11 is 0. The summed E-state index contributed by atoms with van der Waals surface area (Å²) in [7, 11) is 0. The van der Waals surface area contributed by atoms with Crippen molar-refractivity contribution in [2.75, 3.05) is 0 Å². The molecule has 21 heavy (non-hydrogen) atoms. The molecule has 0 bridgehead atoms. The van der Waals surface area contributed by atoms with Gasteiger partial charge in [-0.25, -0.2) is 0 Å². The molecule has 1 atom stereocenters. The Balaban J connectivity index is 1.66. The average molecular weight is 286 g/mol. The van der Waals surface area contributed by atoms with Crippen LogP contribution in [0.25, 0.3) is 0 Å². The molecule has 0 saturated heterocycles. The van der Waals surface area contributed by atoms with Gasteiger partial charge < -0.3 is 9.67 Å². The Morgan fingerprint density at radius 2 is 2.10 bits per heavy atom. The number of rotatable bonds is 6. The molecule has 0 spiro atoms. The molecule has 5 nitrogen and oxygen atoms in total. The van der Waals surface area contributed by atoms with Gasteiger partial charge in [-0.3, -0.25) is 10.1 Å². The van der Waals surface area contributed by atoms with E-state index in [1.807, 2.05) is 29.1 Å². The van der Waals surface area contributed by atoms with Crippen LogP contribution in [0, 0.1) is 16.0 Å². The number of benzene rings is 1. The molecule has 5 heteroatoms. The second kappa shape index (κ2) is 5.69. The van der Waals surface area contributed by atoms with Crippen molar-refractivity contribution in [3.8, 4) is 0 Å². The second-order valence-electron chi connectivity index (χ2n) is 5.60. The first-order valence-corrected chi connectivity index (χ1v) is 7.21. The van der Waals surface area contributed by atoms with Crippen LogP contribution in [0.1, 0.15) is 30.1 Å². The highest BCUT2D eigenvalue weighted by Gasteiger charge is 2.31. The highest BCUT2D eigenvalue weighted by molar-refractivity contribution is 5.39. The van der Waals surface area contributed by atoms with Crippen LogP contribution in [-0.4, -0.2) is 14.6 Å². The topological polar surface area (TPSA) is 68.3 Å². The Morgan fingerprint density at radius 3 is 2.81 bits per heavy atom. The van der Waals surface area contributed by atoms with Gasteiger partial charge in [-0.1, -0.05) is 18.2 Å². The summed E-state index contributed by atoms with van der Waals surface area (Å²) in [5.41, 5.74) is 1.85. The fourth-order valence-electron chi connectivity index (χ4n) is 2.61. The average Bonchev–Trinajstić information content (AvgIpc) is 3.23. The van der Waals surface area contributed by atoms with Crippen molar-refractivity contribution in [2.24, 2.45) is 5.92 Å². The van der Waals surface area contributed by atoms with Crippen LogP contribution in [0.2, 0.25) is 0 Å². The van der Waals surface area contributed by atoms with E-state index in [1.54, 1.807) is 12.1 Å². The maximum Gasteiger partial charge on any atom is 0.272 e. The fraction of sp³-hybridized carbons (Fsp3) is 0.375. The number of aliphatic hydroxyl groups is 1. The summed E-state index contributed by atoms with van der Waals surface area (Å²) < 4.78 is 1.98. The summed E-state index contributed by atoms with van der Waals surface area (Å²) in [6.45, 7) is 0.669. The Bertz CT molecular complexity index is 646. The molecule has 1 aromatic heterocycles. The number of nitro benzene ring substituents is 1. The van der Waals surface area contributed by atoms with E-state index >= 15 is 0 Å². The first-order chi connectivity index (χ1) is 10.1. The molecule has 1 aromatic carbocycles. The third kappa shape index (κ3) is 3.13. The Kier molecular flexibility index (Phi) is 3.75. The second-order valence-corrected chi connectivity index (χ2v) is 5.60. The molecule has 1 heterocycles. The van der Waals surface area contributed by atoms with Crippen molar-refractivity contribution in [3.63, 3.8) is 0 Å². The molecule has 0 amide bonds. The number of aromatic nitrogens is 1. The Labute approximate surface area is 123 Å². The summed E-state index contributed by atoms with van der Waals surface area (Å²) in [6, 6.07) is 8.76. The smallest absolute Gasteiger partial charge is 0.272 e. The quantitative estimate of drug-likeness (QED) is 0.655. The number of hydrogen-bond acceptors (Lipinski definition) is 3. The van der Waals surface area contributed by atoms with E-state index in [9.17, 15) is 15.2 Å². The molecule has 0 aliphatic heterocycles. The summed E-state index contributed by atoms with van der Waals surface area (Å²) in [5.74, 6) is 0.413. The molecular weight excluding hydrogens is 268 g/mol. The minimum Gasteiger partial charge on any atom is -0.388 e. The van der Waals surface area contributed by atoms with E-state index in [0.717, 1.165) is 24.0 Å². The lowest BCUT2D eigenvalue weighted by Gasteiger charge is -2.07. The first-order valence-electron chi connectivity index (χ1n) is 7.21. The van der Waals surface area contributed by atoms with Gasteiger partial charge >= 0.3 is 0 Å². The van der Waals surface area contributed by atoms with Crippen molar-refractivity contribution >= 4 is 5.69 Å². The summed E-state index contributed by atoms with van der Waals surface area (Å²) in [6.07, 6.45) is 6.31. The van der Waals surface area contributed by atoms with Gasteiger partial charge in [0.05, 0.1) is 11.0 Å². The van der Waals surface area contributed by atoms with E-state index in [-0.39, 0.29) is 16.7 Å². The summed E-state index contributed by atoms with van der Waals surface area (Å²) in [5, 5.41) is 21.0. The molecule has 0 radical (unpaired) electrons. The normalized spacial score (nSPS) is 15.9. The van der Waals surface area contributed by atoms with Gasteiger partial charge in [-0.2, -0.15) is 0 Å². The number of nitrogens with zero attached hydrogens (tertiary/aromatic N) is 2. The van der Waals surface area contributed by atoms with Crippen molar-refractivity contribution in [1.29, 1.82) is 0 Å². The van der Waals surface area contributed by atoms with Gasteiger partial charge in [0.1, 0.15) is 0 Å². The van der Waals surface area contributed by atoms with Crippen molar-refractivity contribution in [2.45, 2.75) is 31.9 Å².